The van der Waals surface area contributed by atoms with Gasteiger partial charge < -0.3 is 5.32 Å². The summed E-state index contributed by atoms with van der Waals surface area (Å²) < 4.78 is 27.8. The number of aryl methyl sites for hydroxylation is 2. The molecule has 30 heavy (non-hydrogen) atoms. The lowest BCUT2D eigenvalue weighted by atomic mass is 9.90. The molecule has 5 nitrogen and oxygen atoms in total. The van der Waals surface area contributed by atoms with Crippen LogP contribution in [0.25, 0.3) is 0 Å². The van der Waals surface area contributed by atoms with Crippen LogP contribution in [0.4, 0.5) is 0 Å². The number of benzene rings is 3. The molecule has 0 fully saturated rings. The molecule has 0 saturated heterocycles. The van der Waals surface area contributed by atoms with Crippen molar-refractivity contribution >= 4 is 15.9 Å². The third-order valence-electron chi connectivity index (χ3n) is 4.88. The quantitative estimate of drug-likeness (QED) is 0.546. The molecule has 0 radical (unpaired) electrons. The molecule has 0 aliphatic heterocycles. The minimum atomic E-state index is -3.64. The van der Waals surface area contributed by atoms with Crippen LogP contribution in [0.3, 0.4) is 0 Å². The minimum absolute atomic E-state index is 0.109. The fourth-order valence-corrected chi connectivity index (χ4v) is 4.69. The second kappa shape index (κ2) is 9.69. The number of nitrogens with one attached hydrogen (secondary N) is 2. The van der Waals surface area contributed by atoms with Gasteiger partial charge in [-0.05, 0) is 42.2 Å². The Bertz CT molecular complexity index is 1060. The Morgan fingerprint density at radius 3 is 1.97 bits per heavy atom. The molecule has 0 aromatic heterocycles. The summed E-state index contributed by atoms with van der Waals surface area (Å²) in [6, 6.07) is 24.4. The first-order chi connectivity index (χ1) is 14.4. The Morgan fingerprint density at radius 2 is 1.40 bits per heavy atom. The van der Waals surface area contributed by atoms with Gasteiger partial charge in [-0.2, -0.15) is 0 Å². The van der Waals surface area contributed by atoms with Gasteiger partial charge in [-0.1, -0.05) is 72.8 Å². The number of amides is 1. The first-order valence-electron chi connectivity index (χ1n) is 9.83. The van der Waals surface area contributed by atoms with E-state index in [0.717, 1.165) is 16.7 Å². The van der Waals surface area contributed by atoms with Crippen LogP contribution in [0.5, 0.6) is 0 Å². The summed E-state index contributed by atoms with van der Waals surface area (Å²) in [5.74, 6) is -0.624. The summed E-state index contributed by atoms with van der Waals surface area (Å²) in [7, 11) is -3.64. The molecule has 1 amide bonds. The molecule has 3 aromatic carbocycles. The van der Waals surface area contributed by atoms with Crippen molar-refractivity contribution in [3.63, 3.8) is 0 Å². The standard InChI is InChI=1S/C24H26N2O3S/c1-18-13-14-19(2)22(17-18)30(28,29)26-16-15-25-24(27)23(20-9-5-3-6-10-20)21-11-7-4-8-12-21/h3-14,17,23,26H,15-16H2,1-2H3,(H,25,27). The van der Waals surface area contributed by atoms with E-state index in [9.17, 15) is 13.2 Å². The van der Waals surface area contributed by atoms with E-state index in [1.807, 2.05) is 73.7 Å². The van der Waals surface area contributed by atoms with Gasteiger partial charge >= 0.3 is 0 Å². The minimum Gasteiger partial charge on any atom is -0.354 e. The first-order valence-corrected chi connectivity index (χ1v) is 11.3. The summed E-state index contributed by atoms with van der Waals surface area (Å²) in [5, 5.41) is 2.86. The zero-order valence-corrected chi connectivity index (χ0v) is 17.9. The van der Waals surface area contributed by atoms with Gasteiger partial charge in [0.2, 0.25) is 15.9 Å². The summed E-state index contributed by atoms with van der Waals surface area (Å²) in [6.45, 7) is 3.92. The van der Waals surface area contributed by atoms with Crippen LogP contribution in [-0.4, -0.2) is 27.4 Å². The van der Waals surface area contributed by atoms with Gasteiger partial charge in [0.1, 0.15) is 0 Å². The zero-order valence-electron chi connectivity index (χ0n) is 17.1. The van der Waals surface area contributed by atoms with Crippen molar-refractivity contribution in [1.82, 2.24) is 10.0 Å². The van der Waals surface area contributed by atoms with Crippen molar-refractivity contribution in [2.75, 3.05) is 13.1 Å². The Kier molecular flexibility index (Phi) is 7.03. The van der Waals surface area contributed by atoms with Gasteiger partial charge in [0.15, 0.2) is 0 Å². The van der Waals surface area contributed by atoms with E-state index in [-0.39, 0.29) is 23.9 Å². The van der Waals surface area contributed by atoms with E-state index >= 15 is 0 Å². The summed E-state index contributed by atoms with van der Waals surface area (Å²) in [4.78, 5) is 13.2. The lowest BCUT2D eigenvalue weighted by molar-refractivity contribution is -0.121. The highest BCUT2D eigenvalue weighted by atomic mass is 32.2. The molecule has 3 rings (SSSR count). The Hall–Kier alpha value is -2.96. The van der Waals surface area contributed by atoms with Crippen LogP contribution >= 0.6 is 0 Å². The fraction of sp³-hybridized carbons (Fsp3) is 0.208. The van der Waals surface area contributed by atoms with E-state index in [1.165, 1.54) is 0 Å². The largest absolute Gasteiger partial charge is 0.354 e. The normalized spacial score (nSPS) is 11.4. The maximum atomic E-state index is 12.9. The molecule has 0 unspecified atom stereocenters. The van der Waals surface area contributed by atoms with E-state index in [0.29, 0.717) is 5.56 Å². The fourth-order valence-electron chi connectivity index (χ4n) is 3.33. The summed E-state index contributed by atoms with van der Waals surface area (Å²) in [5.41, 5.74) is 3.34. The van der Waals surface area contributed by atoms with Gasteiger partial charge in [-0.25, -0.2) is 13.1 Å². The monoisotopic (exact) mass is 422 g/mol. The van der Waals surface area contributed by atoms with Gasteiger partial charge in [0.05, 0.1) is 10.8 Å². The molecule has 156 valence electrons. The van der Waals surface area contributed by atoms with Crippen LogP contribution in [0.15, 0.2) is 83.8 Å². The van der Waals surface area contributed by atoms with Crippen molar-refractivity contribution < 1.29 is 13.2 Å². The molecule has 0 bridgehead atoms. The van der Waals surface area contributed by atoms with E-state index in [1.54, 1.807) is 19.1 Å². The summed E-state index contributed by atoms with van der Waals surface area (Å²) in [6.07, 6.45) is 0. The zero-order chi connectivity index (χ0) is 21.6. The number of rotatable bonds is 8. The lowest BCUT2D eigenvalue weighted by Crippen LogP contribution is -2.37. The molecular formula is C24H26N2O3S. The highest BCUT2D eigenvalue weighted by Crippen LogP contribution is 2.24. The highest BCUT2D eigenvalue weighted by Gasteiger charge is 2.22. The molecular weight excluding hydrogens is 396 g/mol. The van der Waals surface area contributed by atoms with E-state index in [4.69, 9.17) is 0 Å². The molecule has 0 aliphatic carbocycles. The average molecular weight is 423 g/mol. The van der Waals surface area contributed by atoms with Crippen molar-refractivity contribution in [3.05, 3.63) is 101 Å². The van der Waals surface area contributed by atoms with E-state index in [2.05, 4.69) is 10.0 Å². The van der Waals surface area contributed by atoms with Crippen molar-refractivity contribution in [1.29, 1.82) is 0 Å². The first kappa shape index (κ1) is 21.7. The van der Waals surface area contributed by atoms with E-state index < -0.39 is 15.9 Å². The van der Waals surface area contributed by atoms with Crippen LogP contribution in [0.2, 0.25) is 0 Å². The number of sulfonamides is 1. The SMILES string of the molecule is Cc1ccc(C)c(S(=O)(=O)NCCNC(=O)C(c2ccccc2)c2ccccc2)c1. The molecule has 0 saturated carbocycles. The molecule has 6 heteroatoms. The molecule has 2 N–H and O–H groups in total. The van der Waals surface area contributed by atoms with Crippen LogP contribution in [-0.2, 0) is 14.8 Å². The number of hydrogen-bond donors (Lipinski definition) is 2. The second-order valence-corrected chi connectivity index (χ2v) is 8.95. The third kappa shape index (κ3) is 5.34. The average Bonchev–Trinajstić information content (AvgIpc) is 2.75. The van der Waals surface area contributed by atoms with Gasteiger partial charge in [0, 0.05) is 13.1 Å². The molecule has 3 aromatic rings. The molecule has 0 aliphatic rings. The maximum absolute atomic E-state index is 12.9. The predicted molar refractivity (Wildman–Crippen MR) is 119 cm³/mol. The molecule has 0 atom stereocenters. The molecule has 0 spiro atoms. The van der Waals surface area contributed by atoms with Crippen LogP contribution in [0.1, 0.15) is 28.2 Å². The number of carbonyl (C=O) groups excluding carboxylic acids is 1. The Morgan fingerprint density at radius 1 is 0.833 bits per heavy atom. The Balaban J connectivity index is 1.66. The summed E-state index contributed by atoms with van der Waals surface area (Å²) >= 11 is 0. The van der Waals surface area contributed by atoms with Crippen molar-refractivity contribution in [2.45, 2.75) is 24.7 Å². The topological polar surface area (TPSA) is 75.3 Å². The highest BCUT2D eigenvalue weighted by molar-refractivity contribution is 7.89. The van der Waals surface area contributed by atoms with Gasteiger partial charge in [0.25, 0.3) is 0 Å². The smallest absolute Gasteiger partial charge is 0.240 e. The predicted octanol–water partition coefficient (Wildman–Crippen LogP) is 3.53. The number of hydrogen-bond acceptors (Lipinski definition) is 3. The van der Waals surface area contributed by atoms with Crippen molar-refractivity contribution in [2.24, 2.45) is 0 Å². The number of carbonyl (C=O) groups is 1. The van der Waals surface area contributed by atoms with Gasteiger partial charge in [-0.15, -0.1) is 0 Å². The third-order valence-corrected chi connectivity index (χ3v) is 6.48. The Labute approximate surface area is 178 Å². The molecule has 0 heterocycles. The second-order valence-electron chi connectivity index (χ2n) is 7.21. The van der Waals surface area contributed by atoms with Crippen LogP contribution in [0, 0.1) is 13.8 Å². The lowest BCUT2D eigenvalue weighted by Gasteiger charge is -2.18. The van der Waals surface area contributed by atoms with Gasteiger partial charge in [-0.3, -0.25) is 4.79 Å². The van der Waals surface area contributed by atoms with Crippen LogP contribution < -0.4 is 10.0 Å². The van der Waals surface area contributed by atoms with Crippen molar-refractivity contribution in [3.8, 4) is 0 Å². The maximum Gasteiger partial charge on any atom is 0.240 e.